The maximum absolute atomic E-state index is 13.2. The number of hydrogen-bond acceptors (Lipinski definition) is 6. The zero-order chi connectivity index (χ0) is 26.7. The fourth-order valence-electron chi connectivity index (χ4n) is 4.41. The van der Waals surface area contributed by atoms with Gasteiger partial charge in [-0.05, 0) is 58.3 Å². The SMILES string of the molecule is O=C(OCC(=O)N1CCN(S(=O)(=O)c2ccc3ccccc3c2)CC1)c1ccc(-c2ccc(O)cc2)cc1. The van der Waals surface area contributed by atoms with E-state index in [0.717, 1.165) is 21.9 Å². The van der Waals surface area contributed by atoms with Gasteiger partial charge in [-0.1, -0.05) is 54.6 Å². The van der Waals surface area contributed by atoms with E-state index in [4.69, 9.17) is 4.74 Å². The normalized spacial score (nSPS) is 14.4. The van der Waals surface area contributed by atoms with E-state index >= 15 is 0 Å². The van der Waals surface area contributed by atoms with Gasteiger partial charge in [-0.2, -0.15) is 4.31 Å². The molecule has 1 fully saturated rings. The number of rotatable bonds is 6. The van der Waals surface area contributed by atoms with Crippen LogP contribution >= 0.6 is 0 Å². The van der Waals surface area contributed by atoms with Crippen LogP contribution in [-0.4, -0.2) is 67.4 Å². The molecule has 0 aliphatic carbocycles. The molecule has 1 amide bonds. The van der Waals surface area contributed by atoms with Crippen LogP contribution in [0.2, 0.25) is 0 Å². The molecule has 1 heterocycles. The van der Waals surface area contributed by atoms with Crippen molar-refractivity contribution in [2.45, 2.75) is 4.90 Å². The Bertz CT molecular complexity index is 1580. The van der Waals surface area contributed by atoms with Crippen molar-refractivity contribution in [1.29, 1.82) is 0 Å². The number of amides is 1. The number of sulfonamides is 1. The number of aromatic hydroxyl groups is 1. The Kier molecular flexibility index (Phi) is 7.13. The number of phenols is 1. The van der Waals surface area contributed by atoms with Crippen LogP contribution in [0.4, 0.5) is 0 Å². The van der Waals surface area contributed by atoms with Crippen LogP contribution in [0.3, 0.4) is 0 Å². The van der Waals surface area contributed by atoms with Gasteiger partial charge < -0.3 is 14.7 Å². The summed E-state index contributed by atoms with van der Waals surface area (Å²) in [6.07, 6.45) is 0. The number of esters is 1. The maximum Gasteiger partial charge on any atom is 0.338 e. The van der Waals surface area contributed by atoms with Crippen LogP contribution in [0.15, 0.2) is 95.9 Å². The summed E-state index contributed by atoms with van der Waals surface area (Å²) >= 11 is 0. The Morgan fingerprint density at radius 1 is 0.763 bits per heavy atom. The molecule has 0 atom stereocenters. The first kappa shape index (κ1) is 25.4. The van der Waals surface area contributed by atoms with Crippen LogP contribution in [-0.2, 0) is 19.6 Å². The molecule has 0 aromatic heterocycles. The molecule has 1 saturated heterocycles. The topological polar surface area (TPSA) is 104 Å². The number of fused-ring (bicyclic) bond motifs is 1. The Morgan fingerprint density at radius 2 is 1.37 bits per heavy atom. The van der Waals surface area contributed by atoms with Gasteiger partial charge in [0.1, 0.15) is 5.75 Å². The molecule has 194 valence electrons. The Labute approximate surface area is 220 Å². The third-order valence-corrected chi connectivity index (χ3v) is 8.49. The fraction of sp³-hybridized carbons (Fsp3) is 0.172. The fourth-order valence-corrected chi connectivity index (χ4v) is 5.87. The van der Waals surface area contributed by atoms with Crippen molar-refractivity contribution >= 4 is 32.7 Å². The highest BCUT2D eigenvalue weighted by molar-refractivity contribution is 7.89. The van der Waals surface area contributed by atoms with Crippen LogP contribution in [0.1, 0.15) is 10.4 Å². The van der Waals surface area contributed by atoms with E-state index in [1.54, 1.807) is 66.7 Å². The molecule has 1 aliphatic rings. The lowest BCUT2D eigenvalue weighted by Crippen LogP contribution is -2.51. The smallest absolute Gasteiger partial charge is 0.338 e. The predicted molar refractivity (Wildman–Crippen MR) is 143 cm³/mol. The molecule has 0 spiro atoms. The molecule has 38 heavy (non-hydrogen) atoms. The minimum Gasteiger partial charge on any atom is -0.508 e. The Balaban J connectivity index is 1.14. The highest BCUT2D eigenvalue weighted by atomic mass is 32.2. The molecular weight excluding hydrogens is 504 g/mol. The number of hydrogen-bond donors (Lipinski definition) is 1. The van der Waals surface area contributed by atoms with Crippen molar-refractivity contribution in [2.24, 2.45) is 0 Å². The summed E-state index contributed by atoms with van der Waals surface area (Å²) in [5, 5.41) is 11.2. The van der Waals surface area contributed by atoms with Gasteiger partial charge in [0.25, 0.3) is 5.91 Å². The molecule has 4 aromatic rings. The van der Waals surface area contributed by atoms with Crippen LogP contribution in [0.25, 0.3) is 21.9 Å². The number of carbonyl (C=O) groups excluding carboxylic acids is 2. The molecular formula is C29H26N2O6S. The second-order valence-electron chi connectivity index (χ2n) is 8.99. The van der Waals surface area contributed by atoms with Gasteiger partial charge in [-0.15, -0.1) is 0 Å². The van der Waals surface area contributed by atoms with Gasteiger partial charge in [0.15, 0.2) is 6.61 Å². The lowest BCUT2D eigenvalue weighted by molar-refractivity contribution is -0.135. The Morgan fingerprint density at radius 3 is 2.03 bits per heavy atom. The number of piperazine rings is 1. The second-order valence-corrected chi connectivity index (χ2v) is 10.9. The average Bonchev–Trinajstić information content (AvgIpc) is 2.96. The summed E-state index contributed by atoms with van der Waals surface area (Å²) in [4.78, 5) is 26.8. The van der Waals surface area contributed by atoms with E-state index in [2.05, 4.69) is 0 Å². The maximum atomic E-state index is 13.2. The van der Waals surface area contributed by atoms with Gasteiger partial charge in [-0.25, -0.2) is 13.2 Å². The molecule has 1 aliphatic heterocycles. The first-order valence-electron chi connectivity index (χ1n) is 12.1. The van der Waals surface area contributed by atoms with Crippen LogP contribution < -0.4 is 0 Å². The van der Waals surface area contributed by atoms with Crippen LogP contribution in [0.5, 0.6) is 5.75 Å². The van der Waals surface area contributed by atoms with Crippen LogP contribution in [0, 0.1) is 0 Å². The number of ether oxygens (including phenoxy) is 1. The van der Waals surface area contributed by atoms with Gasteiger partial charge in [-0.3, -0.25) is 4.79 Å². The van der Waals surface area contributed by atoms with E-state index in [0.29, 0.717) is 5.56 Å². The molecule has 1 N–H and O–H groups in total. The predicted octanol–water partition coefficient (Wildman–Crippen LogP) is 3.90. The summed E-state index contributed by atoms with van der Waals surface area (Å²) in [5.74, 6) is -0.818. The number of nitrogens with zero attached hydrogens (tertiary/aromatic N) is 2. The van der Waals surface area contributed by atoms with E-state index in [1.165, 1.54) is 9.21 Å². The summed E-state index contributed by atoms with van der Waals surface area (Å²) in [6, 6.07) is 26.1. The molecule has 0 saturated carbocycles. The monoisotopic (exact) mass is 530 g/mol. The van der Waals surface area contributed by atoms with Crippen molar-refractivity contribution in [1.82, 2.24) is 9.21 Å². The minimum atomic E-state index is -3.69. The van der Waals surface area contributed by atoms with Gasteiger partial charge in [0, 0.05) is 26.2 Å². The molecule has 9 heteroatoms. The third kappa shape index (κ3) is 5.39. The second kappa shape index (κ2) is 10.6. The van der Waals surface area contributed by atoms with E-state index in [1.807, 2.05) is 24.3 Å². The summed E-state index contributed by atoms with van der Waals surface area (Å²) in [5.41, 5.74) is 2.07. The van der Waals surface area contributed by atoms with Gasteiger partial charge in [0.05, 0.1) is 10.5 Å². The zero-order valence-electron chi connectivity index (χ0n) is 20.5. The largest absolute Gasteiger partial charge is 0.508 e. The average molecular weight is 531 g/mol. The number of carbonyl (C=O) groups is 2. The number of phenolic OH excluding ortho intramolecular Hbond substituents is 1. The van der Waals surface area contributed by atoms with Crippen molar-refractivity contribution in [2.75, 3.05) is 32.8 Å². The summed E-state index contributed by atoms with van der Waals surface area (Å²) in [6.45, 7) is 0.326. The van der Waals surface area contributed by atoms with E-state index < -0.39 is 22.6 Å². The van der Waals surface area contributed by atoms with E-state index in [9.17, 15) is 23.1 Å². The minimum absolute atomic E-state index is 0.160. The number of benzene rings is 4. The zero-order valence-corrected chi connectivity index (χ0v) is 21.3. The summed E-state index contributed by atoms with van der Waals surface area (Å²) in [7, 11) is -3.69. The first-order chi connectivity index (χ1) is 18.3. The Hall–Kier alpha value is -4.21. The third-order valence-electron chi connectivity index (χ3n) is 6.60. The lowest BCUT2D eigenvalue weighted by Gasteiger charge is -2.33. The van der Waals surface area contributed by atoms with Gasteiger partial charge in [0.2, 0.25) is 10.0 Å². The highest BCUT2D eigenvalue weighted by Crippen LogP contribution is 2.24. The first-order valence-corrected chi connectivity index (χ1v) is 13.6. The molecule has 0 radical (unpaired) electrons. The standard InChI is InChI=1S/C29H26N2O6S/c32-26-12-9-23(10-13-26)22-5-7-24(8-6-22)29(34)37-20-28(33)30-15-17-31(18-16-30)38(35,36)27-14-11-21-3-1-2-4-25(21)19-27/h1-14,19,32H,15-18,20H2. The molecule has 8 nitrogen and oxygen atoms in total. The molecule has 5 rings (SSSR count). The highest BCUT2D eigenvalue weighted by Gasteiger charge is 2.30. The lowest BCUT2D eigenvalue weighted by atomic mass is 10.0. The van der Waals surface area contributed by atoms with Crippen molar-refractivity contribution in [3.63, 3.8) is 0 Å². The van der Waals surface area contributed by atoms with E-state index in [-0.39, 0.29) is 42.7 Å². The molecule has 0 bridgehead atoms. The van der Waals surface area contributed by atoms with Crippen molar-refractivity contribution < 1.29 is 27.9 Å². The van der Waals surface area contributed by atoms with Crippen molar-refractivity contribution in [3.8, 4) is 16.9 Å². The van der Waals surface area contributed by atoms with Gasteiger partial charge >= 0.3 is 5.97 Å². The quantitative estimate of drug-likeness (QED) is 0.379. The molecule has 0 unspecified atom stereocenters. The molecule has 4 aromatic carbocycles. The summed E-state index contributed by atoms with van der Waals surface area (Å²) < 4.78 is 32.9. The van der Waals surface area contributed by atoms with Crippen molar-refractivity contribution in [3.05, 3.63) is 96.6 Å².